The van der Waals surface area contributed by atoms with Gasteiger partial charge in [0.15, 0.2) is 16.6 Å². The number of fused-ring (bicyclic) bond motifs is 1. The van der Waals surface area contributed by atoms with Crippen molar-refractivity contribution < 1.29 is 28.9 Å². The molecule has 1 atom stereocenters. The number of carbonyl (C=O) groups is 2. The highest BCUT2D eigenvalue weighted by atomic mass is 32.1. The number of thiazole rings is 1. The average Bonchev–Trinajstić information content (AvgIpc) is 3.45. The largest absolute Gasteiger partial charge is 0.507 e. The molecule has 0 aliphatic carbocycles. The van der Waals surface area contributed by atoms with E-state index in [1.165, 1.54) is 30.5 Å². The number of aromatic nitrogens is 1. The number of carbonyl (C=O) groups excluding carboxylic acids is 2. The van der Waals surface area contributed by atoms with Crippen molar-refractivity contribution in [3.8, 4) is 17.2 Å². The predicted octanol–water partition coefficient (Wildman–Crippen LogP) is 5.87. The van der Waals surface area contributed by atoms with Crippen LogP contribution in [-0.4, -0.2) is 43.1 Å². The number of ketones is 1. The van der Waals surface area contributed by atoms with Crippen molar-refractivity contribution in [2.75, 3.05) is 26.2 Å². The summed E-state index contributed by atoms with van der Waals surface area (Å²) in [5, 5.41) is 11.9. The molecule has 0 unspecified atom stereocenters. The van der Waals surface area contributed by atoms with E-state index in [2.05, 4.69) is 0 Å². The number of ether oxygens (including phenoxy) is 3. The number of Topliss-reactive ketones (excluding diaryl/α,β-unsaturated/α-hetero) is 1. The lowest BCUT2D eigenvalue weighted by molar-refractivity contribution is -0.132. The van der Waals surface area contributed by atoms with E-state index in [4.69, 9.17) is 19.2 Å². The molecular weight excluding hydrogens is 516 g/mol. The Morgan fingerprint density at radius 3 is 2.33 bits per heavy atom. The van der Waals surface area contributed by atoms with Gasteiger partial charge in [0.05, 0.1) is 37.1 Å². The van der Waals surface area contributed by atoms with Crippen LogP contribution in [0.4, 0.5) is 5.13 Å². The van der Waals surface area contributed by atoms with Crippen LogP contribution in [0.5, 0.6) is 17.2 Å². The first kappa shape index (κ1) is 26.2. The number of anilines is 1. The van der Waals surface area contributed by atoms with Crippen molar-refractivity contribution in [2.45, 2.75) is 26.8 Å². The Bertz CT molecular complexity index is 1670. The van der Waals surface area contributed by atoms with Crippen LogP contribution in [0.1, 0.15) is 33.9 Å². The molecule has 1 aliphatic heterocycles. The van der Waals surface area contributed by atoms with E-state index in [0.29, 0.717) is 33.5 Å². The normalized spacial score (nSPS) is 16.7. The summed E-state index contributed by atoms with van der Waals surface area (Å²) in [5.41, 5.74) is 4.35. The predicted molar refractivity (Wildman–Crippen MR) is 151 cm³/mol. The summed E-state index contributed by atoms with van der Waals surface area (Å²) in [4.78, 5) is 33.5. The highest BCUT2D eigenvalue weighted by molar-refractivity contribution is 7.22. The number of hydrogen-bond acceptors (Lipinski definition) is 8. The van der Waals surface area contributed by atoms with Gasteiger partial charge in [-0.15, -0.1) is 0 Å². The molecule has 1 amide bonds. The first-order chi connectivity index (χ1) is 18.7. The van der Waals surface area contributed by atoms with E-state index in [1.54, 1.807) is 43.5 Å². The Kier molecular flexibility index (Phi) is 6.78. The molecular formula is C30H28N2O6S. The number of nitrogens with zero attached hydrogens (tertiary/aromatic N) is 2. The van der Waals surface area contributed by atoms with Crippen molar-refractivity contribution in [3.63, 3.8) is 0 Å². The van der Waals surface area contributed by atoms with Gasteiger partial charge in [-0.2, -0.15) is 0 Å². The second kappa shape index (κ2) is 10.1. The Hall–Kier alpha value is -4.37. The SMILES string of the molecule is COc1ccc(C(O)=C2C(=O)C(=O)N(c3nc4c(C)cc(C)cc4s3)[C@H]2c2cccc(OC)c2OC)cc1C. The van der Waals surface area contributed by atoms with Crippen molar-refractivity contribution >= 4 is 44.1 Å². The lowest BCUT2D eigenvalue weighted by Gasteiger charge is -2.25. The summed E-state index contributed by atoms with van der Waals surface area (Å²) in [6.07, 6.45) is 0. The number of aryl methyl sites for hydroxylation is 3. The quantitative estimate of drug-likeness (QED) is 0.184. The molecule has 8 nitrogen and oxygen atoms in total. The fourth-order valence-corrected chi connectivity index (χ4v) is 6.26. The molecule has 1 N–H and O–H groups in total. The number of methoxy groups -OCH3 is 3. The van der Waals surface area contributed by atoms with Crippen LogP contribution in [0.25, 0.3) is 16.0 Å². The highest BCUT2D eigenvalue weighted by Crippen LogP contribution is 2.48. The fraction of sp³-hybridized carbons (Fsp3) is 0.233. The first-order valence-corrected chi connectivity index (χ1v) is 13.1. The molecule has 9 heteroatoms. The van der Waals surface area contributed by atoms with Crippen LogP contribution >= 0.6 is 11.3 Å². The van der Waals surface area contributed by atoms with Crippen LogP contribution in [0, 0.1) is 20.8 Å². The Labute approximate surface area is 230 Å². The monoisotopic (exact) mass is 544 g/mol. The van der Waals surface area contributed by atoms with E-state index in [0.717, 1.165) is 26.9 Å². The van der Waals surface area contributed by atoms with Gasteiger partial charge in [0.25, 0.3) is 5.78 Å². The van der Waals surface area contributed by atoms with Crippen molar-refractivity contribution in [2.24, 2.45) is 0 Å². The van der Waals surface area contributed by atoms with Crippen LogP contribution in [-0.2, 0) is 9.59 Å². The summed E-state index contributed by atoms with van der Waals surface area (Å²) in [7, 11) is 4.56. The molecule has 3 aromatic carbocycles. The standard InChI is InChI=1S/C30H28N2O6S/c1-15-12-17(3)24-22(13-15)39-30(31-24)32-25(19-8-7-9-21(37-5)28(19)38-6)23(27(34)29(32)35)26(33)18-10-11-20(36-4)16(2)14-18/h7-14,25,33H,1-6H3/t25-/m0/s1. The number of para-hydroxylation sites is 1. The number of hydrogen-bond donors (Lipinski definition) is 1. The van der Waals surface area contributed by atoms with E-state index in [1.807, 2.05) is 32.9 Å². The molecule has 0 spiro atoms. The third-order valence-corrected chi connectivity index (χ3v) is 7.87. The van der Waals surface area contributed by atoms with Crippen LogP contribution in [0.2, 0.25) is 0 Å². The van der Waals surface area contributed by atoms with Gasteiger partial charge >= 0.3 is 5.91 Å². The Morgan fingerprint density at radius 2 is 1.67 bits per heavy atom. The van der Waals surface area contributed by atoms with Gasteiger partial charge in [-0.1, -0.05) is 29.5 Å². The summed E-state index contributed by atoms with van der Waals surface area (Å²) in [6, 6.07) is 13.3. The number of aliphatic hydroxyl groups is 1. The molecule has 39 heavy (non-hydrogen) atoms. The van der Waals surface area contributed by atoms with Crippen LogP contribution in [0.3, 0.4) is 0 Å². The lowest BCUT2D eigenvalue weighted by Crippen LogP contribution is -2.29. The van der Waals surface area contributed by atoms with Gasteiger partial charge in [0.1, 0.15) is 17.6 Å². The first-order valence-electron chi connectivity index (χ1n) is 12.2. The summed E-state index contributed by atoms with van der Waals surface area (Å²) < 4.78 is 17.5. The van der Waals surface area contributed by atoms with Crippen LogP contribution in [0.15, 0.2) is 54.1 Å². The molecule has 200 valence electrons. The number of rotatable bonds is 6. The smallest absolute Gasteiger partial charge is 0.301 e. The van der Waals surface area contributed by atoms with E-state index < -0.39 is 17.7 Å². The molecule has 1 fully saturated rings. The van der Waals surface area contributed by atoms with E-state index in [9.17, 15) is 14.7 Å². The maximum atomic E-state index is 13.7. The Morgan fingerprint density at radius 1 is 0.923 bits per heavy atom. The summed E-state index contributed by atoms with van der Waals surface area (Å²) in [6.45, 7) is 5.79. The van der Waals surface area contributed by atoms with Gasteiger partial charge < -0.3 is 19.3 Å². The number of amides is 1. The van der Waals surface area contributed by atoms with Gasteiger partial charge in [-0.05, 0) is 67.8 Å². The van der Waals surface area contributed by atoms with Gasteiger partial charge in [0.2, 0.25) is 0 Å². The fourth-order valence-electron chi connectivity index (χ4n) is 5.09. The molecule has 4 aromatic rings. The number of aliphatic hydroxyl groups excluding tert-OH is 1. The minimum atomic E-state index is -1.01. The van der Waals surface area contributed by atoms with E-state index >= 15 is 0 Å². The minimum absolute atomic E-state index is 0.0664. The molecule has 0 bridgehead atoms. The van der Waals surface area contributed by atoms with Gasteiger partial charge in [-0.25, -0.2) is 4.98 Å². The van der Waals surface area contributed by atoms with Crippen molar-refractivity contribution in [1.29, 1.82) is 0 Å². The summed E-state index contributed by atoms with van der Waals surface area (Å²) in [5.74, 6) is -0.491. The maximum Gasteiger partial charge on any atom is 0.301 e. The maximum absolute atomic E-state index is 13.7. The summed E-state index contributed by atoms with van der Waals surface area (Å²) >= 11 is 1.32. The third-order valence-electron chi connectivity index (χ3n) is 6.87. The second-order valence-electron chi connectivity index (χ2n) is 9.36. The molecule has 1 aromatic heterocycles. The third kappa shape index (κ3) is 4.28. The molecule has 5 rings (SSSR count). The molecule has 0 saturated carbocycles. The second-order valence-corrected chi connectivity index (χ2v) is 10.4. The zero-order chi connectivity index (χ0) is 28.0. The Balaban J connectivity index is 1.79. The average molecular weight is 545 g/mol. The molecule has 1 saturated heterocycles. The van der Waals surface area contributed by atoms with E-state index in [-0.39, 0.29) is 11.3 Å². The van der Waals surface area contributed by atoms with Crippen molar-refractivity contribution in [1.82, 2.24) is 4.98 Å². The molecule has 1 aliphatic rings. The minimum Gasteiger partial charge on any atom is -0.507 e. The lowest BCUT2D eigenvalue weighted by atomic mass is 9.94. The topological polar surface area (TPSA) is 98.2 Å². The molecule has 0 radical (unpaired) electrons. The zero-order valence-corrected chi connectivity index (χ0v) is 23.3. The highest BCUT2D eigenvalue weighted by Gasteiger charge is 2.49. The number of benzene rings is 3. The van der Waals surface area contributed by atoms with Gasteiger partial charge in [-0.3, -0.25) is 14.5 Å². The zero-order valence-electron chi connectivity index (χ0n) is 22.5. The molecule has 2 heterocycles. The van der Waals surface area contributed by atoms with Crippen LogP contribution < -0.4 is 19.1 Å². The van der Waals surface area contributed by atoms with Gasteiger partial charge in [0, 0.05) is 11.1 Å². The van der Waals surface area contributed by atoms with Crippen molar-refractivity contribution in [3.05, 3.63) is 81.9 Å².